The molecule has 1 heterocycles. The third-order valence-corrected chi connectivity index (χ3v) is 4.04. The SMILES string of the molecule is CC(C)=C(C(=O)O)N1CCC1.Cc1ccc(S(=O)(=O)O)cc1. The number of aryl methyl sites for hydroxylation is 1. The van der Waals surface area contributed by atoms with Crippen LogP contribution in [0.4, 0.5) is 0 Å². The minimum absolute atomic E-state index is 0.0666. The molecular weight excluding hydrogens is 306 g/mol. The van der Waals surface area contributed by atoms with Crippen molar-refractivity contribution in [2.24, 2.45) is 0 Å². The van der Waals surface area contributed by atoms with Crippen LogP contribution in [0.5, 0.6) is 0 Å². The van der Waals surface area contributed by atoms with E-state index >= 15 is 0 Å². The van der Waals surface area contributed by atoms with Gasteiger partial charge in [-0.05, 0) is 44.9 Å². The minimum Gasteiger partial charge on any atom is -0.477 e. The van der Waals surface area contributed by atoms with E-state index in [4.69, 9.17) is 9.66 Å². The van der Waals surface area contributed by atoms with Crippen LogP contribution in [-0.2, 0) is 14.9 Å². The van der Waals surface area contributed by atoms with Crippen molar-refractivity contribution in [1.29, 1.82) is 0 Å². The van der Waals surface area contributed by atoms with Gasteiger partial charge in [-0.1, -0.05) is 17.7 Å². The Balaban J connectivity index is 0.000000220. The molecule has 1 aliphatic rings. The zero-order chi connectivity index (χ0) is 16.9. The molecule has 0 amide bonds. The first-order chi connectivity index (χ1) is 10.1. The monoisotopic (exact) mass is 327 g/mol. The lowest BCUT2D eigenvalue weighted by molar-refractivity contribution is -0.135. The molecule has 122 valence electrons. The minimum atomic E-state index is -4.02. The molecule has 0 spiro atoms. The number of carboxylic acid groups (broad SMARTS) is 1. The number of nitrogens with zero attached hydrogens (tertiary/aromatic N) is 1. The molecule has 2 rings (SSSR count). The van der Waals surface area contributed by atoms with Crippen molar-refractivity contribution in [3.8, 4) is 0 Å². The van der Waals surface area contributed by atoms with Crippen molar-refractivity contribution in [2.75, 3.05) is 13.1 Å². The summed E-state index contributed by atoms with van der Waals surface area (Å²) >= 11 is 0. The molecule has 0 radical (unpaired) electrons. The molecule has 0 bridgehead atoms. The lowest BCUT2D eigenvalue weighted by atomic mass is 10.1. The van der Waals surface area contributed by atoms with Gasteiger partial charge in [0.25, 0.3) is 10.1 Å². The van der Waals surface area contributed by atoms with Gasteiger partial charge in [0, 0.05) is 13.1 Å². The van der Waals surface area contributed by atoms with Gasteiger partial charge in [0.1, 0.15) is 5.70 Å². The summed E-state index contributed by atoms with van der Waals surface area (Å²) in [5.41, 5.74) is 2.32. The standard InChI is InChI=1S/C8H13NO2.C7H8O3S/c1-6(2)7(8(10)11)9-4-3-5-9;1-6-2-4-7(5-3-6)11(8,9)10/h3-5H2,1-2H3,(H,10,11);2-5H,1H3,(H,8,9,10). The number of likely N-dealkylation sites (tertiary alicyclic amines) is 1. The van der Waals surface area contributed by atoms with E-state index in [1.54, 1.807) is 12.1 Å². The van der Waals surface area contributed by atoms with Crippen molar-refractivity contribution >= 4 is 16.1 Å². The molecule has 1 aromatic carbocycles. The van der Waals surface area contributed by atoms with E-state index in [2.05, 4.69) is 0 Å². The Hall–Kier alpha value is -1.86. The third-order valence-electron chi connectivity index (χ3n) is 3.17. The van der Waals surface area contributed by atoms with Gasteiger partial charge in [0.2, 0.25) is 0 Å². The summed E-state index contributed by atoms with van der Waals surface area (Å²) < 4.78 is 29.6. The van der Waals surface area contributed by atoms with E-state index in [9.17, 15) is 13.2 Å². The first-order valence-corrected chi connectivity index (χ1v) is 8.27. The fourth-order valence-corrected chi connectivity index (χ4v) is 2.40. The maximum atomic E-state index is 10.7. The fourth-order valence-electron chi connectivity index (χ4n) is 1.92. The molecule has 1 aromatic rings. The second kappa shape index (κ2) is 7.42. The number of allylic oxidation sites excluding steroid dienone is 1. The Bertz CT molecular complexity index is 654. The van der Waals surface area contributed by atoms with Crippen molar-refractivity contribution in [3.05, 3.63) is 41.1 Å². The van der Waals surface area contributed by atoms with Gasteiger partial charge in [-0.15, -0.1) is 0 Å². The first kappa shape index (κ1) is 18.2. The summed E-state index contributed by atoms with van der Waals surface area (Å²) in [6.07, 6.45) is 1.12. The summed E-state index contributed by atoms with van der Waals surface area (Å²) in [4.78, 5) is 12.5. The summed E-state index contributed by atoms with van der Waals surface area (Å²) in [5, 5.41) is 8.78. The molecular formula is C15H21NO5S. The average molecular weight is 327 g/mol. The van der Waals surface area contributed by atoms with Crippen LogP contribution in [0.3, 0.4) is 0 Å². The quantitative estimate of drug-likeness (QED) is 0.653. The molecule has 0 saturated carbocycles. The van der Waals surface area contributed by atoms with E-state index in [-0.39, 0.29) is 4.90 Å². The molecule has 0 atom stereocenters. The van der Waals surface area contributed by atoms with Gasteiger partial charge in [0.15, 0.2) is 0 Å². The predicted octanol–water partition coefficient (Wildman–Crippen LogP) is 2.31. The van der Waals surface area contributed by atoms with E-state index in [0.29, 0.717) is 5.70 Å². The van der Waals surface area contributed by atoms with Crippen LogP contribution >= 0.6 is 0 Å². The van der Waals surface area contributed by atoms with Gasteiger partial charge in [-0.3, -0.25) is 4.55 Å². The highest BCUT2D eigenvalue weighted by atomic mass is 32.2. The largest absolute Gasteiger partial charge is 0.477 e. The molecule has 1 saturated heterocycles. The maximum Gasteiger partial charge on any atom is 0.352 e. The van der Waals surface area contributed by atoms with E-state index in [0.717, 1.165) is 30.6 Å². The second-order valence-electron chi connectivity index (χ2n) is 5.28. The van der Waals surface area contributed by atoms with Gasteiger partial charge in [-0.25, -0.2) is 4.79 Å². The van der Waals surface area contributed by atoms with Crippen molar-refractivity contribution in [2.45, 2.75) is 32.1 Å². The molecule has 22 heavy (non-hydrogen) atoms. The molecule has 0 unspecified atom stereocenters. The molecule has 1 aliphatic heterocycles. The van der Waals surface area contributed by atoms with Crippen LogP contribution < -0.4 is 0 Å². The Morgan fingerprint density at radius 2 is 1.64 bits per heavy atom. The Morgan fingerprint density at radius 3 is 1.86 bits per heavy atom. The number of carboxylic acids is 1. The van der Waals surface area contributed by atoms with Crippen LogP contribution in [0.2, 0.25) is 0 Å². The van der Waals surface area contributed by atoms with Gasteiger partial charge >= 0.3 is 5.97 Å². The predicted molar refractivity (Wildman–Crippen MR) is 83.2 cm³/mol. The zero-order valence-electron chi connectivity index (χ0n) is 12.9. The Labute approximate surface area is 130 Å². The molecule has 1 fully saturated rings. The topological polar surface area (TPSA) is 94.9 Å². The number of benzene rings is 1. The Kier molecular flexibility index (Phi) is 6.13. The Morgan fingerprint density at radius 1 is 1.14 bits per heavy atom. The second-order valence-corrected chi connectivity index (χ2v) is 6.70. The number of hydrogen-bond acceptors (Lipinski definition) is 4. The highest BCUT2D eigenvalue weighted by molar-refractivity contribution is 7.85. The van der Waals surface area contributed by atoms with E-state index in [1.807, 2.05) is 25.7 Å². The van der Waals surface area contributed by atoms with E-state index in [1.165, 1.54) is 12.1 Å². The van der Waals surface area contributed by atoms with Crippen LogP contribution in [0.25, 0.3) is 0 Å². The molecule has 0 aromatic heterocycles. The summed E-state index contributed by atoms with van der Waals surface area (Å²) in [5.74, 6) is -0.801. The normalized spacial score (nSPS) is 13.5. The van der Waals surface area contributed by atoms with E-state index < -0.39 is 16.1 Å². The molecule has 6 nitrogen and oxygen atoms in total. The average Bonchev–Trinajstić information content (AvgIpc) is 2.32. The summed E-state index contributed by atoms with van der Waals surface area (Å²) in [7, 11) is -4.02. The van der Waals surface area contributed by atoms with Gasteiger partial charge in [0.05, 0.1) is 4.90 Å². The van der Waals surface area contributed by atoms with Crippen LogP contribution in [0.15, 0.2) is 40.4 Å². The fraction of sp³-hybridized carbons (Fsp3) is 0.400. The maximum absolute atomic E-state index is 10.7. The summed E-state index contributed by atoms with van der Waals surface area (Å²) in [6, 6.07) is 5.99. The lowest BCUT2D eigenvalue weighted by Crippen LogP contribution is -2.39. The van der Waals surface area contributed by atoms with Gasteiger partial charge < -0.3 is 10.0 Å². The highest BCUT2D eigenvalue weighted by Gasteiger charge is 2.22. The van der Waals surface area contributed by atoms with Crippen LogP contribution in [0.1, 0.15) is 25.8 Å². The smallest absolute Gasteiger partial charge is 0.352 e. The molecule has 2 N–H and O–H groups in total. The van der Waals surface area contributed by atoms with Crippen molar-refractivity contribution in [1.82, 2.24) is 4.90 Å². The molecule has 0 aliphatic carbocycles. The summed E-state index contributed by atoms with van der Waals surface area (Å²) in [6.45, 7) is 7.30. The number of carbonyl (C=O) groups is 1. The lowest BCUT2D eigenvalue weighted by Gasteiger charge is -2.34. The van der Waals surface area contributed by atoms with Gasteiger partial charge in [-0.2, -0.15) is 8.42 Å². The van der Waals surface area contributed by atoms with Crippen LogP contribution in [-0.4, -0.2) is 42.0 Å². The zero-order valence-corrected chi connectivity index (χ0v) is 13.7. The number of hydrogen-bond donors (Lipinski definition) is 2. The first-order valence-electron chi connectivity index (χ1n) is 6.83. The third kappa shape index (κ3) is 5.16. The van der Waals surface area contributed by atoms with Crippen LogP contribution in [0, 0.1) is 6.92 Å². The highest BCUT2D eigenvalue weighted by Crippen LogP contribution is 2.17. The number of aliphatic carboxylic acids is 1. The van der Waals surface area contributed by atoms with Crippen molar-refractivity contribution in [3.63, 3.8) is 0 Å². The van der Waals surface area contributed by atoms with Crippen molar-refractivity contribution < 1.29 is 22.9 Å². The number of rotatable bonds is 3. The molecule has 7 heteroatoms.